The monoisotopic (exact) mass is 357 g/mol. The number of hydrogen-bond donors (Lipinski definition) is 2. The molecular formula is C22H47NO2. The average Bonchev–Trinajstić information content (AvgIpc) is 2.61. The van der Waals surface area contributed by atoms with Crippen LogP contribution in [0, 0.1) is 0 Å². The van der Waals surface area contributed by atoms with Gasteiger partial charge in [-0.3, -0.25) is 0 Å². The molecule has 3 heteroatoms. The highest BCUT2D eigenvalue weighted by Crippen LogP contribution is 2.13. The normalized spacial score (nSPS) is 12.8. The smallest absolute Gasteiger partial charge is 0.0897 e. The van der Waals surface area contributed by atoms with E-state index in [4.69, 9.17) is 5.11 Å². The van der Waals surface area contributed by atoms with Crippen LogP contribution in [-0.4, -0.2) is 48.0 Å². The van der Waals surface area contributed by atoms with Crippen LogP contribution in [0.5, 0.6) is 0 Å². The van der Waals surface area contributed by atoms with Crippen molar-refractivity contribution in [3.05, 3.63) is 0 Å². The van der Waals surface area contributed by atoms with E-state index in [0.717, 1.165) is 6.54 Å². The van der Waals surface area contributed by atoms with Crippen LogP contribution >= 0.6 is 0 Å². The highest BCUT2D eigenvalue weighted by molar-refractivity contribution is 4.60. The third kappa shape index (κ3) is 20.0. The van der Waals surface area contributed by atoms with Gasteiger partial charge in [-0.05, 0) is 20.0 Å². The van der Waals surface area contributed by atoms with Crippen molar-refractivity contribution in [2.75, 3.05) is 26.7 Å². The molecule has 0 spiro atoms. The fraction of sp³-hybridized carbons (Fsp3) is 1.00. The third-order valence-corrected chi connectivity index (χ3v) is 5.13. The first-order valence-corrected chi connectivity index (χ1v) is 11.2. The molecule has 1 atom stereocenters. The first kappa shape index (κ1) is 24.9. The van der Waals surface area contributed by atoms with Crippen LogP contribution in [0.25, 0.3) is 0 Å². The fourth-order valence-electron chi connectivity index (χ4n) is 3.44. The van der Waals surface area contributed by atoms with Gasteiger partial charge in [0, 0.05) is 6.54 Å². The van der Waals surface area contributed by atoms with Gasteiger partial charge in [0.15, 0.2) is 0 Å². The number of hydrogen-bond acceptors (Lipinski definition) is 3. The summed E-state index contributed by atoms with van der Waals surface area (Å²) in [6.07, 6.45) is 21.8. The van der Waals surface area contributed by atoms with Crippen LogP contribution in [0.15, 0.2) is 0 Å². The molecule has 0 aromatic rings. The average molecular weight is 358 g/mol. The van der Waals surface area contributed by atoms with Crippen LogP contribution in [-0.2, 0) is 0 Å². The maximum Gasteiger partial charge on any atom is 0.0897 e. The highest BCUT2D eigenvalue weighted by atomic mass is 16.3. The van der Waals surface area contributed by atoms with Gasteiger partial charge in [0.05, 0.1) is 12.7 Å². The molecule has 3 nitrogen and oxygen atoms in total. The van der Waals surface area contributed by atoms with Crippen LogP contribution < -0.4 is 0 Å². The summed E-state index contributed by atoms with van der Waals surface area (Å²) in [7, 11) is 2.02. The van der Waals surface area contributed by atoms with Gasteiger partial charge in [0.1, 0.15) is 0 Å². The van der Waals surface area contributed by atoms with E-state index >= 15 is 0 Å². The molecule has 0 bridgehead atoms. The predicted molar refractivity (Wildman–Crippen MR) is 110 cm³/mol. The van der Waals surface area contributed by atoms with Crippen molar-refractivity contribution in [1.29, 1.82) is 0 Å². The Kier molecular flexibility index (Phi) is 20.1. The molecule has 0 heterocycles. The summed E-state index contributed by atoms with van der Waals surface area (Å²) in [6.45, 7) is 3.75. The molecule has 0 aromatic carbocycles. The fourth-order valence-corrected chi connectivity index (χ4v) is 3.44. The second-order valence-electron chi connectivity index (χ2n) is 7.90. The summed E-state index contributed by atoms with van der Waals surface area (Å²) in [6, 6.07) is 0. The van der Waals surface area contributed by atoms with Crippen molar-refractivity contribution in [3.63, 3.8) is 0 Å². The Morgan fingerprint density at radius 1 is 0.640 bits per heavy atom. The van der Waals surface area contributed by atoms with Gasteiger partial charge in [-0.1, -0.05) is 103 Å². The third-order valence-electron chi connectivity index (χ3n) is 5.13. The van der Waals surface area contributed by atoms with Crippen LogP contribution in [0.3, 0.4) is 0 Å². The second kappa shape index (κ2) is 20.2. The summed E-state index contributed by atoms with van der Waals surface area (Å²) in [5, 5.41) is 18.2. The SMILES string of the molecule is CCCCCCCCCCCCCCCCCCN(C)CC(O)CO. The van der Waals surface area contributed by atoms with Crippen LogP contribution in [0.4, 0.5) is 0 Å². The van der Waals surface area contributed by atoms with Crippen molar-refractivity contribution < 1.29 is 10.2 Å². The zero-order valence-electron chi connectivity index (χ0n) is 17.4. The van der Waals surface area contributed by atoms with E-state index in [9.17, 15) is 5.11 Å². The molecule has 0 radical (unpaired) electrons. The van der Waals surface area contributed by atoms with Crippen molar-refractivity contribution in [2.45, 2.75) is 116 Å². The van der Waals surface area contributed by atoms with Gasteiger partial charge < -0.3 is 15.1 Å². The summed E-state index contributed by atoms with van der Waals surface area (Å²) >= 11 is 0. The molecule has 0 aliphatic heterocycles. The second-order valence-corrected chi connectivity index (χ2v) is 7.90. The van der Waals surface area contributed by atoms with E-state index in [2.05, 4.69) is 11.8 Å². The first-order chi connectivity index (χ1) is 12.2. The number of aliphatic hydroxyl groups is 2. The Hall–Kier alpha value is -0.120. The van der Waals surface area contributed by atoms with Gasteiger partial charge in [-0.25, -0.2) is 0 Å². The number of nitrogens with zero attached hydrogens (tertiary/aromatic N) is 1. The van der Waals surface area contributed by atoms with Crippen molar-refractivity contribution >= 4 is 0 Å². The predicted octanol–water partition coefficient (Wildman–Crippen LogP) is 5.53. The van der Waals surface area contributed by atoms with E-state index in [1.807, 2.05) is 7.05 Å². The van der Waals surface area contributed by atoms with Gasteiger partial charge in [0.25, 0.3) is 0 Å². The lowest BCUT2D eigenvalue weighted by atomic mass is 10.0. The molecule has 0 aliphatic carbocycles. The number of aliphatic hydroxyl groups excluding tert-OH is 2. The Balaban J connectivity index is 3.09. The Bertz CT molecular complexity index is 248. The lowest BCUT2D eigenvalue weighted by molar-refractivity contribution is 0.0662. The van der Waals surface area contributed by atoms with Gasteiger partial charge in [0.2, 0.25) is 0 Å². The molecule has 0 saturated carbocycles. The number of likely N-dealkylation sites (N-methyl/N-ethyl adjacent to an activating group) is 1. The van der Waals surface area contributed by atoms with E-state index in [1.165, 1.54) is 103 Å². The van der Waals surface area contributed by atoms with Crippen molar-refractivity contribution in [2.24, 2.45) is 0 Å². The van der Waals surface area contributed by atoms with Gasteiger partial charge >= 0.3 is 0 Å². The summed E-state index contributed by atoms with van der Waals surface area (Å²) in [5.74, 6) is 0. The Morgan fingerprint density at radius 2 is 1.00 bits per heavy atom. The molecule has 152 valence electrons. The lowest BCUT2D eigenvalue weighted by Crippen LogP contribution is -2.31. The Labute approximate surface area is 158 Å². The molecule has 0 saturated heterocycles. The molecule has 0 aromatic heterocycles. The summed E-state index contributed by atoms with van der Waals surface area (Å²) in [4.78, 5) is 2.12. The maximum absolute atomic E-state index is 9.37. The lowest BCUT2D eigenvalue weighted by Gasteiger charge is -2.18. The highest BCUT2D eigenvalue weighted by Gasteiger charge is 2.05. The van der Waals surface area contributed by atoms with Crippen LogP contribution in [0.2, 0.25) is 0 Å². The topological polar surface area (TPSA) is 43.7 Å². The molecule has 0 aliphatic rings. The number of unbranched alkanes of at least 4 members (excludes halogenated alkanes) is 15. The zero-order chi connectivity index (χ0) is 18.6. The quantitative estimate of drug-likeness (QED) is 0.281. The molecule has 0 fully saturated rings. The van der Waals surface area contributed by atoms with E-state index < -0.39 is 6.10 Å². The van der Waals surface area contributed by atoms with E-state index in [0.29, 0.717) is 6.54 Å². The minimum Gasteiger partial charge on any atom is -0.394 e. The van der Waals surface area contributed by atoms with Crippen LogP contribution in [0.1, 0.15) is 110 Å². The van der Waals surface area contributed by atoms with E-state index in [1.54, 1.807) is 0 Å². The standard InChI is InChI=1S/C22H47NO2/c1-3-4-5-6-7-8-9-10-11-12-13-14-15-16-17-18-19-23(2)20-22(25)21-24/h22,24-25H,3-21H2,1-2H3. The first-order valence-electron chi connectivity index (χ1n) is 11.2. The molecule has 25 heavy (non-hydrogen) atoms. The minimum atomic E-state index is -0.592. The molecule has 0 rings (SSSR count). The van der Waals surface area contributed by atoms with Gasteiger partial charge in [-0.15, -0.1) is 0 Å². The maximum atomic E-state index is 9.37. The van der Waals surface area contributed by atoms with Crippen molar-refractivity contribution in [3.8, 4) is 0 Å². The van der Waals surface area contributed by atoms with Crippen molar-refractivity contribution in [1.82, 2.24) is 4.90 Å². The van der Waals surface area contributed by atoms with E-state index in [-0.39, 0.29) is 6.61 Å². The summed E-state index contributed by atoms with van der Waals surface area (Å²) in [5.41, 5.74) is 0. The minimum absolute atomic E-state index is 0.136. The molecule has 2 N–H and O–H groups in total. The number of rotatable bonds is 20. The molecule has 1 unspecified atom stereocenters. The molecule has 0 amide bonds. The Morgan fingerprint density at radius 3 is 1.36 bits per heavy atom. The zero-order valence-corrected chi connectivity index (χ0v) is 17.4. The molecular weight excluding hydrogens is 310 g/mol. The largest absolute Gasteiger partial charge is 0.394 e. The van der Waals surface area contributed by atoms with Gasteiger partial charge in [-0.2, -0.15) is 0 Å². The summed E-state index contributed by atoms with van der Waals surface area (Å²) < 4.78 is 0.